The number of anilines is 1. The van der Waals surface area contributed by atoms with Crippen LogP contribution in [0.15, 0.2) is 42.6 Å². The van der Waals surface area contributed by atoms with E-state index >= 15 is 0 Å². The first-order chi connectivity index (χ1) is 8.79. The highest BCUT2D eigenvalue weighted by Gasteiger charge is 2.00. The number of nitrogens with zero attached hydrogens (tertiary/aromatic N) is 1. The minimum Gasteiger partial charge on any atom is -0.373 e. The third-order valence-corrected chi connectivity index (χ3v) is 2.93. The third-order valence-electron chi connectivity index (χ3n) is 2.57. The van der Waals surface area contributed by atoms with E-state index in [9.17, 15) is 0 Å². The molecule has 0 amide bonds. The normalized spacial score (nSPS) is 10.3. The standard InChI is InChI=1S/C14H15ClN2O/c1-16-14-7-6-11(8-17-14)9-18-10-12-4-2-3-5-13(12)15/h2-8H,9-10H2,1H3,(H,16,17). The lowest BCUT2D eigenvalue weighted by molar-refractivity contribution is 0.107. The lowest BCUT2D eigenvalue weighted by Gasteiger charge is -2.06. The van der Waals surface area contributed by atoms with Gasteiger partial charge < -0.3 is 10.1 Å². The first-order valence-electron chi connectivity index (χ1n) is 5.73. The van der Waals surface area contributed by atoms with E-state index in [1.165, 1.54) is 0 Å². The van der Waals surface area contributed by atoms with E-state index in [4.69, 9.17) is 16.3 Å². The van der Waals surface area contributed by atoms with Crippen LogP contribution in [0.2, 0.25) is 5.02 Å². The summed E-state index contributed by atoms with van der Waals surface area (Å²) >= 11 is 6.04. The summed E-state index contributed by atoms with van der Waals surface area (Å²) in [5.74, 6) is 0.852. The number of ether oxygens (including phenoxy) is 1. The number of aromatic nitrogens is 1. The van der Waals surface area contributed by atoms with Crippen molar-refractivity contribution in [2.24, 2.45) is 0 Å². The Balaban J connectivity index is 1.86. The molecule has 2 rings (SSSR count). The highest BCUT2D eigenvalue weighted by molar-refractivity contribution is 6.31. The van der Waals surface area contributed by atoms with Crippen LogP contribution in [0.5, 0.6) is 0 Å². The van der Waals surface area contributed by atoms with Crippen LogP contribution in [0, 0.1) is 0 Å². The third kappa shape index (κ3) is 3.45. The highest BCUT2D eigenvalue weighted by atomic mass is 35.5. The Morgan fingerprint density at radius 3 is 2.67 bits per heavy atom. The molecular formula is C14H15ClN2O. The van der Waals surface area contributed by atoms with Gasteiger partial charge in [-0.2, -0.15) is 0 Å². The SMILES string of the molecule is CNc1ccc(COCc2ccccc2Cl)cn1. The molecule has 0 bridgehead atoms. The molecule has 1 aromatic carbocycles. The van der Waals surface area contributed by atoms with Gasteiger partial charge in [0, 0.05) is 18.3 Å². The van der Waals surface area contributed by atoms with Crippen LogP contribution in [0.4, 0.5) is 5.82 Å². The zero-order valence-electron chi connectivity index (χ0n) is 10.2. The van der Waals surface area contributed by atoms with E-state index in [1.807, 2.05) is 43.4 Å². The van der Waals surface area contributed by atoms with Crippen molar-refractivity contribution in [3.8, 4) is 0 Å². The monoisotopic (exact) mass is 262 g/mol. The summed E-state index contributed by atoms with van der Waals surface area (Å²) in [6, 6.07) is 11.6. The molecule has 1 N–H and O–H groups in total. The van der Waals surface area contributed by atoms with Gasteiger partial charge in [0.05, 0.1) is 13.2 Å². The van der Waals surface area contributed by atoms with Gasteiger partial charge in [-0.05, 0) is 23.3 Å². The fraction of sp³-hybridized carbons (Fsp3) is 0.214. The molecule has 1 aromatic heterocycles. The first-order valence-corrected chi connectivity index (χ1v) is 6.11. The summed E-state index contributed by atoms with van der Waals surface area (Å²) in [6.45, 7) is 1.04. The molecule has 0 atom stereocenters. The molecule has 0 saturated heterocycles. The van der Waals surface area contributed by atoms with Crippen LogP contribution in [0.25, 0.3) is 0 Å². The van der Waals surface area contributed by atoms with Crippen molar-refractivity contribution in [3.05, 3.63) is 58.7 Å². The summed E-state index contributed by atoms with van der Waals surface area (Å²) in [4.78, 5) is 4.22. The maximum absolute atomic E-state index is 6.04. The second-order valence-electron chi connectivity index (χ2n) is 3.89. The largest absolute Gasteiger partial charge is 0.373 e. The zero-order valence-corrected chi connectivity index (χ0v) is 10.9. The minimum atomic E-state index is 0.507. The Kier molecular flexibility index (Phi) is 4.56. The summed E-state index contributed by atoms with van der Waals surface area (Å²) in [5, 5.41) is 3.71. The Morgan fingerprint density at radius 2 is 2.00 bits per heavy atom. The number of rotatable bonds is 5. The van der Waals surface area contributed by atoms with Crippen LogP contribution in [0.1, 0.15) is 11.1 Å². The van der Waals surface area contributed by atoms with Crippen molar-refractivity contribution in [1.29, 1.82) is 0 Å². The molecule has 0 unspecified atom stereocenters. The molecular weight excluding hydrogens is 248 g/mol. The van der Waals surface area contributed by atoms with Crippen LogP contribution in [0.3, 0.4) is 0 Å². The smallest absolute Gasteiger partial charge is 0.125 e. The van der Waals surface area contributed by atoms with Crippen molar-refractivity contribution in [1.82, 2.24) is 4.98 Å². The molecule has 4 heteroatoms. The minimum absolute atomic E-state index is 0.507. The molecule has 2 aromatic rings. The number of nitrogens with one attached hydrogen (secondary N) is 1. The predicted octanol–water partition coefficient (Wildman–Crippen LogP) is 3.49. The van der Waals surface area contributed by atoms with Gasteiger partial charge in [-0.1, -0.05) is 35.9 Å². The number of pyridine rings is 1. The van der Waals surface area contributed by atoms with Crippen molar-refractivity contribution >= 4 is 17.4 Å². The topological polar surface area (TPSA) is 34.1 Å². The second-order valence-corrected chi connectivity index (χ2v) is 4.29. The fourth-order valence-corrected chi connectivity index (χ4v) is 1.74. The quantitative estimate of drug-likeness (QED) is 0.896. The molecule has 0 spiro atoms. The van der Waals surface area contributed by atoms with E-state index in [0.717, 1.165) is 22.0 Å². The number of benzene rings is 1. The molecule has 0 saturated carbocycles. The van der Waals surface area contributed by atoms with Crippen molar-refractivity contribution in [3.63, 3.8) is 0 Å². The number of hydrogen-bond donors (Lipinski definition) is 1. The van der Waals surface area contributed by atoms with Crippen molar-refractivity contribution < 1.29 is 4.74 Å². The lowest BCUT2D eigenvalue weighted by atomic mass is 10.2. The van der Waals surface area contributed by atoms with Crippen LogP contribution in [-0.4, -0.2) is 12.0 Å². The van der Waals surface area contributed by atoms with Gasteiger partial charge in [0.1, 0.15) is 5.82 Å². The number of hydrogen-bond acceptors (Lipinski definition) is 3. The molecule has 1 heterocycles. The van der Waals surface area contributed by atoms with Gasteiger partial charge in [0.15, 0.2) is 0 Å². The van der Waals surface area contributed by atoms with Gasteiger partial charge >= 0.3 is 0 Å². The molecule has 0 aliphatic rings. The summed E-state index contributed by atoms with van der Waals surface area (Å²) in [5.41, 5.74) is 2.04. The molecule has 3 nitrogen and oxygen atoms in total. The molecule has 0 radical (unpaired) electrons. The Bertz CT molecular complexity index is 499. The Labute approximate surface area is 112 Å². The highest BCUT2D eigenvalue weighted by Crippen LogP contribution is 2.16. The molecule has 0 aliphatic heterocycles. The van der Waals surface area contributed by atoms with Crippen molar-refractivity contribution in [2.45, 2.75) is 13.2 Å². The summed E-state index contributed by atoms with van der Waals surface area (Å²) in [6.07, 6.45) is 1.80. The molecule has 94 valence electrons. The van der Waals surface area contributed by atoms with Gasteiger partial charge in [-0.25, -0.2) is 4.98 Å². The van der Waals surface area contributed by atoms with Gasteiger partial charge in [-0.15, -0.1) is 0 Å². The van der Waals surface area contributed by atoms with Crippen LogP contribution in [-0.2, 0) is 18.0 Å². The predicted molar refractivity (Wildman–Crippen MR) is 73.7 cm³/mol. The maximum Gasteiger partial charge on any atom is 0.125 e. The zero-order chi connectivity index (χ0) is 12.8. The van der Waals surface area contributed by atoms with Crippen LogP contribution >= 0.6 is 11.6 Å². The van der Waals surface area contributed by atoms with E-state index in [1.54, 1.807) is 6.20 Å². The van der Waals surface area contributed by atoms with Crippen molar-refractivity contribution in [2.75, 3.05) is 12.4 Å². The average molecular weight is 263 g/mol. The Hall–Kier alpha value is -1.58. The van der Waals surface area contributed by atoms with Gasteiger partial charge in [0.2, 0.25) is 0 Å². The molecule has 18 heavy (non-hydrogen) atoms. The first kappa shape index (κ1) is 12.9. The second kappa shape index (κ2) is 6.38. The van der Waals surface area contributed by atoms with Gasteiger partial charge in [0.25, 0.3) is 0 Å². The van der Waals surface area contributed by atoms with E-state index in [0.29, 0.717) is 13.2 Å². The molecule has 0 fully saturated rings. The maximum atomic E-state index is 6.04. The van der Waals surface area contributed by atoms with Gasteiger partial charge in [-0.3, -0.25) is 0 Å². The van der Waals surface area contributed by atoms with Crippen LogP contribution < -0.4 is 5.32 Å². The Morgan fingerprint density at radius 1 is 1.17 bits per heavy atom. The average Bonchev–Trinajstić information content (AvgIpc) is 2.42. The molecule has 0 aliphatic carbocycles. The van der Waals surface area contributed by atoms with E-state index in [2.05, 4.69) is 10.3 Å². The summed E-state index contributed by atoms with van der Waals surface area (Å²) in [7, 11) is 1.84. The van der Waals surface area contributed by atoms with E-state index in [-0.39, 0.29) is 0 Å². The van der Waals surface area contributed by atoms with E-state index < -0.39 is 0 Å². The number of halogens is 1. The lowest BCUT2D eigenvalue weighted by Crippen LogP contribution is -1.97. The fourth-order valence-electron chi connectivity index (χ4n) is 1.55. The summed E-state index contributed by atoms with van der Waals surface area (Å²) < 4.78 is 5.62.